The number of benzene rings is 3. The summed E-state index contributed by atoms with van der Waals surface area (Å²) < 4.78 is 32.7. The second-order valence-corrected chi connectivity index (χ2v) is 8.70. The standard InChI is InChI=1S/C27H24FNO6/c1-15(30)29-17-2-4-18(5-3-17)34-23-11-9-22(28)27-21(23)8-10-24(27)35-19-6-7-20-16(12-26(31)32)14-33-25(20)13-19/h2-7,9,11,13,16,24H,8,10,12,14H2,1H3,(H,29,30)(H,31,32)/t16-,24-/m1/s1. The number of nitrogens with one attached hydrogen (secondary N) is 1. The summed E-state index contributed by atoms with van der Waals surface area (Å²) in [6.45, 7) is 1.76. The van der Waals surface area contributed by atoms with Gasteiger partial charge in [-0.1, -0.05) is 6.07 Å². The molecule has 0 fully saturated rings. The highest BCUT2D eigenvalue weighted by atomic mass is 19.1. The highest BCUT2D eigenvalue weighted by Gasteiger charge is 2.32. The van der Waals surface area contributed by atoms with Gasteiger partial charge >= 0.3 is 5.97 Å². The predicted octanol–water partition coefficient (Wildman–Crippen LogP) is 5.59. The Balaban J connectivity index is 1.33. The molecule has 3 aromatic rings. The van der Waals surface area contributed by atoms with Crippen molar-refractivity contribution in [2.24, 2.45) is 0 Å². The highest BCUT2D eigenvalue weighted by Crippen LogP contribution is 2.44. The first kappa shape index (κ1) is 22.7. The normalized spacial score (nSPS) is 17.8. The van der Waals surface area contributed by atoms with E-state index in [9.17, 15) is 14.0 Å². The maximum Gasteiger partial charge on any atom is 0.304 e. The van der Waals surface area contributed by atoms with E-state index in [0.717, 1.165) is 11.1 Å². The van der Waals surface area contributed by atoms with Crippen LogP contribution in [0.3, 0.4) is 0 Å². The molecular formula is C27H24FNO6. The minimum atomic E-state index is -0.869. The van der Waals surface area contributed by atoms with Crippen LogP contribution in [-0.2, 0) is 16.0 Å². The summed E-state index contributed by atoms with van der Waals surface area (Å²) >= 11 is 0. The molecule has 0 saturated carbocycles. The molecule has 0 unspecified atom stereocenters. The molecule has 0 radical (unpaired) electrons. The number of carbonyl (C=O) groups is 2. The van der Waals surface area contributed by atoms with Gasteiger partial charge < -0.3 is 24.6 Å². The minimum Gasteiger partial charge on any atom is -0.492 e. The second-order valence-electron chi connectivity index (χ2n) is 8.70. The van der Waals surface area contributed by atoms with E-state index < -0.39 is 12.1 Å². The monoisotopic (exact) mass is 477 g/mol. The van der Waals surface area contributed by atoms with Gasteiger partial charge in [0, 0.05) is 41.3 Å². The smallest absolute Gasteiger partial charge is 0.304 e. The predicted molar refractivity (Wildman–Crippen MR) is 126 cm³/mol. The SMILES string of the molecule is CC(=O)Nc1ccc(Oc2ccc(F)c3c2CC[C@H]3Oc2ccc3c(c2)OC[C@H]3CC(=O)O)cc1. The minimum absolute atomic E-state index is 0.00710. The summed E-state index contributed by atoms with van der Waals surface area (Å²) in [7, 11) is 0. The molecule has 7 nitrogen and oxygen atoms in total. The van der Waals surface area contributed by atoms with E-state index in [0.29, 0.717) is 53.7 Å². The zero-order chi connectivity index (χ0) is 24.5. The van der Waals surface area contributed by atoms with E-state index in [1.54, 1.807) is 42.5 Å². The van der Waals surface area contributed by atoms with E-state index in [-0.39, 0.29) is 24.1 Å². The van der Waals surface area contributed by atoms with Crippen LogP contribution in [0, 0.1) is 5.82 Å². The third-order valence-electron chi connectivity index (χ3n) is 6.21. The van der Waals surface area contributed by atoms with Crippen LogP contribution in [0.4, 0.5) is 10.1 Å². The Labute approximate surface area is 201 Å². The Bertz CT molecular complexity index is 1290. The largest absolute Gasteiger partial charge is 0.492 e. The van der Waals surface area contributed by atoms with E-state index in [1.165, 1.54) is 13.0 Å². The van der Waals surface area contributed by atoms with Crippen molar-refractivity contribution in [3.63, 3.8) is 0 Å². The van der Waals surface area contributed by atoms with Crippen LogP contribution < -0.4 is 19.5 Å². The van der Waals surface area contributed by atoms with Gasteiger partial charge in [-0.15, -0.1) is 0 Å². The van der Waals surface area contributed by atoms with Gasteiger partial charge in [0.1, 0.15) is 34.9 Å². The highest BCUT2D eigenvalue weighted by molar-refractivity contribution is 5.88. The first-order valence-electron chi connectivity index (χ1n) is 11.4. The lowest BCUT2D eigenvalue weighted by molar-refractivity contribution is -0.137. The first-order chi connectivity index (χ1) is 16.9. The number of carbonyl (C=O) groups excluding carboxylic acids is 1. The molecule has 8 heteroatoms. The van der Waals surface area contributed by atoms with Crippen molar-refractivity contribution < 1.29 is 33.3 Å². The van der Waals surface area contributed by atoms with Gasteiger partial charge in [0.05, 0.1) is 13.0 Å². The number of aliphatic carboxylic acids is 1. The van der Waals surface area contributed by atoms with E-state index in [1.807, 2.05) is 6.07 Å². The zero-order valence-electron chi connectivity index (χ0n) is 19.0. The number of carboxylic acid groups (broad SMARTS) is 1. The van der Waals surface area contributed by atoms with Gasteiger partial charge in [0.2, 0.25) is 5.91 Å². The summed E-state index contributed by atoms with van der Waals surface area (Å²) in [5, 5.41) is 11.8. The summed E-state index contributed by atoms with van der Waals surface area (Å²) in [6.07, 6.45) is 0.713. The Hall–Kier alpha value is -4.07. The summed E-state index contributed by atoms with van der Waals surface area (Å²) in [5.41, 5.74) is 2.75. The number of carboxylic acids is 1. The molecule has 1 heterocycles. The molecule has 2 aliphatic rings. The summed E-state index contributed by atoms with van der Waals surface area (Å²) in [4.78, 5) is 22.3. The number of ether oxygens (including phenoxy) is 3. The van der Waals surface area contributed by atoms with Crippen LogP contribution in [0.2, 0.25) is 0 Å². The lowest BCUT2D eigenvalue weighted by Crippen LogP contribution is -2.07. The fraction of sp³-hybridized carbons (Fsp3) is 0.259. The number of amides is 1. The second kappa shape index (κ2) is 9.29. The number of fused-ring (bicyclic) bond motifs is 2. The fourth-order valence-corrected chi connectivity index (χ4v) is 4.67. The number of rotatable bonds is 7. The van der Waals surface area contributed by atoms with E-state index >= 15 is 0 Å². The molecule has 3 aromatic carbocycles. The van der Waals surface area contributed by atoms with Gasteiger partial charge in [-0.25, -0.2) is 4.39 Å². The average Bonchev–Trinajstić information content (AvgIpc) is 3.41. The molecule has 5 rings (SSSR count). The van der Waals surface area contributed by atoms with Crippen molar-refractivity contribution in [3.8, 4) is 23.0 Å². The lowest BCUT2D eigenvalue weighted by Gasteiger charge is -2.17. The Morgan fingerprint density at radius 2 is 1.89 bits per heavy atom. The number of hydrogen-bond acceptors (Lipinski definition) is 5. The molecule has 2 N–H and O–H groups in total. The molecule has 35 heavy (non-hydrogen) atoms. The van der Waals surface area contributed by atoms with Crippen molar-refractivity contribution in [1.29, 1.82) is 0 Å². The topological polar surface area (TPSA) is 94.1 Å². The maximum atomic E-state index is 14.9. The molecule has 0 saturated heterocycles. The van der Waals surface area contributed by atoms with Crippen LogP contribution in [0.5, 0.6) is 23.0 Å². The molecule has 1 amide bonds. The van der Waals surface area contributed by atoms with Crippen LogP contribution in [0.25, 0.3) is 0 Å². The van der Waals surface area contributed by atoms with Crippen molar-refractivity contribution in [2.45, 2.75) is 38.2 Å². The Morgan fingerprint density at radius 1 is 1.11 bits per heavy atom. The van der Waals surface area contributed by atoms with Gasteiger partial charge in [-0.2, -0.15) is 0 Å². The van der Waals surface area contributed by atoms with Crippen LogP contribution in [-0.4, -0.2) is 23.6 Å². The molecule has 0 spiro atoms. The number of hydrogen-bond donors (Lipinski definition) is 2. The third-order valence-corrected chi connectivity index (χ3v) is 6.21. The van der Waals surface area contributed by atoms with Crippen molar-refractivity contribution in [3.05, 3.63) is 77.1 Å². The van der Waals surface area contributed by atoms with Crippen LogP contribution in [0.1, 0.15) is 48.5 Å². The van der Waals surface area contributed by atoms with Gasteiger partial charge in [0.25, 0.3) is 0 Å². The number of anilines is 1. The first-order valence-corrected chi connectivity index (χ1v) is 11.4. The van der Waals surface area contributed by atoms with E-state index in [4.69, 9.17) is 19.3 Å². The average molecular weight is 477 g/mol. The molecule has 0 bridgehead atoms. The molecular weight excluding hydrogens is 453 g/mol. The van der Waals surface area contributed by atoms with Crippen LogP contribution in [0.15, 0.2) is 54.6 Å². The van der Waals surface area contributed by atoms with Crippen molar-refractivity contribution in [1.82, 2.24) is 0 Å². The molecule has 1 aliphatic carbocycles. The van der Waals surface area contributed by atoms with E-state index in [2.05, 4.69) is 5.32 Å². The molecule has 180 valence electrons. The summed E-state index contributed by atoms with van der Waals surface area (Å²) in [6, 6.07) is 15.3. The zero-order valence-corrected chi connectivity index (χ0v) is 19.0. The van der Waals surface area contributed by atoms with Crippen molar-refractivity contribution >= 4 is 17.6 Å². The third kappa shape index (κ3) is 4.77. The molecule has 2 atom stereocenters. The van der Waals surface area contributed by atoms with Crippen LogP contribution >= 0.6 is 0 Å². The summed E-state index contributed by atoms with van der Waals surface area (Å²) in [5.74, 6) is 0.715. The van der Waals surface area contributed by atoms with Gasteiger partial charge in [0.15, 0.2) is 0 Å². The Kier molecular flexibility index (Phi) is 6.03. The lowest BCUT2D eigenvalue weighted by atomic mass is 9.98. The maximum absolute atomic E-state index is 14.9. The Morgan fingerprint density at radius 3 is 2.63 bits per heavy atom. The van der Waals surface area contributed by atoms with Gasteiger partial charge in [-0.05, 0) is 55.3 Å². The number of halogens is 1. The fourth-order valence-electron chi connectivity index (χ4n) is 4.67. The van der Waals surface area contributed by atoms with Crippen molar-refractivity contribution in [2.75, 3.05) is 11.9 Å². The molecule has 1 aliphatic heterocycles. The molecule has 0 aromatic heterocycles. The quantitative estimate of drug-likeness (QED) is 0.461. The van der Waals surface area contributed by atoms with Gasteiger partial charge in [-0.3, -0.25) is 9.59 Å².